The molecule has 0 saturated carbocycles. The lowest BCUT2D eigenvalue weighted by Crippen LogP contribution is -2.29. The third kappa shape index (κ3) is 4.84. The summed E-state index contributed by atoms with van der Waals surface area (Å²) >= 11 is 6.34. The van der Waals surface area contributed by atoms with Crippen molar-refractivity contribution in [1.29, 1.82) is 0 Å². The minimum Gasteiger partial charge on any atom is -0.340 e. The third-order valence-electron chi connectivity index (χ3n) is 4.38. The zero-order valence-corrected chi connectivity index (χ0v) is 16.9. The lowest BCUT2D eigenvalue weighted by molar-refractivity contribution is 0.0791. The van der Waals surface area contributed by atoms with Crippen LogP contribution in [0.5, 0.6) is 0 Å². The average Bonchev–Trinajstić information content (AvgIpc) is 2.69. The summed E-state index contributed by atoms with van der Waals surface area (Å²) in [5.74, 6) is 0.175. The molecule has 0 aliphatic rings. The molecule has 3 rings (SSSR count). The molecule has 0 unspecified atom stereocenters. The van der Waals surface area contributed by atoms with Gasteiger partial charge in [0.1, 0.15) is 5.69 Å². The molecule has 1 aromatic carbocycles. The number of anilines is 2. The number of hydrogen-bond donors (Lipinski definition) is 1. The van der Waals surface area contributed by atoms with Crippen LogP contribution in [0, 0.1) is 13.8 Å². The lowest BCUT2D eigenvalue weighted by Gasteiger charge is -2.17. The summed E-state index contributed by atoms with van der Waals surface area (Å²) in [7, 11) is 1.76. The maximum atomic E-state index is 12.7. The molecule has 0 atom stereocenters. The predicted octanol–water partition coefficient (Wildman–Crippen LogP) is 4.20. The maximum Gasteiger partial charge on any atom is 0.272 e. The van der Waals surface area contributed by atoms with E-state index in [9.17, 15) is 4.79 Å². The first-order valence-electron chi connectivity index (χ1n) is 8.95. The van der Waals surface area contributed by atoms with E-state index >= 15 is 0 Å². The molecular formula is C21H22ClN5O. The number of amides is 1. The summed E-state index contributed by atoms with van der Waals surface area (Å²) in [4.78, 5) is 27.0. The molecule has 0 aliphatic heterocycles. The van der Waals surface area contributed by atoms with Crippen LogP contribution in [-0.4, -0.2) is 39.4 Å². The van der Waals surface area contributed by atoms with Gasteiger partial charge in [-0.05, 0) is 61.2 Å². The van der Waals surface area contributed by atoms with Crippen LogP contribution >= 0.6 is 11.6 Å². The number of likely N-dealkylation sites (N-methyl/N-ethyl adjacent to an activating group) is 1. The van der Waals surface area contributed by atoms with Gasteiger partial charge in [0, 0.05) is 32.2 Å². The predicted molar refractivity (Wildman–Crippen MR) is 111 cm³/mol. The van der Waals surface area contributed by atoms with Crippen molar-refractivity contribution in [2.45, 2.75) is 20.3 Å². The second-order valence-electron chi connectivity index (χ2n) is 6.66. The van der Waals surface area contributed by atoms with Gasteiger partial charge in [-0.15, -0.1) is 0 Å². The second kappa shape index (κ2) is 8.80. The van der Waals surface area contributed by atoms with Crippen molar-refractivity contribution in [3.05, 3.63) is 76.3 Å². The first-order valence-corrected chi connectivity index (χ1v) is 9.33. The fourth-order valence-corrected chi connectivity index (χ4v) is 3.24. The van der Waals surface area contributed by atoms with Crippen molar-refractivity contribution in [2.24, 2.45) is 0 Å². The summed E-state index contributed by atoms with van der Waals surface area (Å²) < 4.78 is 0. The average molecular weight is 396 g/mol. The van der Waals surface area contributed by atoms with Crippen LogP contribution in [0.25, 0.3) is 0 Å². The van der Waals surface area contributed by atoms with Gasteiger partial charge >= 0.3 is 0 Å². The number of nitrogens with one attached hydrogen (secondary N) is 1. The van der Waals surface area contributed by atoms with Gasteiger partial charge in [-0.3, -0.25) is 9.78 Å². The van der Waals surface area contributed by atoms with Crippen LogP contribution in [0.3, 0.4) is 0 Å². The number of halogens is 1. The highest BCUT2D eigenvalue weighted by Crippen LogP contribution is 2.29. The summed E-state index contributed by atoms with van der Waals surface area (Å²) in [5.41, 5.74) is 4.26. The van der Waals surface area contributed by atoms with Gasteiger partial charge in [0.25, 0.3) is 5.91 Å². The van der Waals surface area contributed by atoms with Gasteiger partial charge in [0.15, 0.2) is 0 Å². The number of aryl methyl sites for hydroxylation is 2. The summed E-state index contributed by atoms with van der Waals surface area (Å²) in [6.07, 6.45) is 5.81. The molecule has 144 valence electrons. The number of nitrogens with zero attached hydrogens (tertiary/aromatic N) is 4. The molecule has 0 bridgehead atoms. The molecule has 2 heterocycles. The Labute approximate surface area is 169 Å². The zero-order chi connectivity index (χ0) is 20.1. The van der Waals surface area contributed by atoms with Crippen molar-refractivity contribution in [1.82, 2.24) is 19.9 Å². The molecule has 0 aliphatic carbocycles. The molecule has 28 heavy (non-hydrogen) atoms. The van der Waals surface area contributed by atoms with Gasteiger partial charge in [0.2, 0.25) is 5.95 Å². The molecule has 0 radical (unpaired) electrons. The van der Waals surface area contributed by atoms with Crippen LogP contribution in [0.2, 0.25) is 5.02 Å². The van der Waals surface area contributed by atoms with Crippen molar-refractivity contribution in [2.75, 3.05) is 18.9 Å². The van der Waals surface area contributed by atoms with E-state index in [0.29, 0.717) is 23.2 Å². The Morgan fingerprint density at radius 2 is 1.89 bits per heavy atom. The summed E-state index contributed by atoms with van der Waals surface area (Å²) in [6.45, 7) is 4.53. The van der Waals surface area contributed by atoms with E-state index in [1.165, 1.54) is 0 Å². The topological polar surface area (TPSA) is 71.0 Å². The van der Waals surface area contributed by atoms with Crippen LogP contribution in [0.1, 0.15) is 27.2 Å². The van der Waals surface area contributed by atoms with Crippen molar-refractivity contribution in [3.63, 3.8) is 0 Å². The standard InChI is InChI=1S/C21H22ClN5O/c1-14-12-15(2)19(17(22)13-14)26-21-24-10-6-18(25-21)20(28)27(3)11-7-16-4-8-23-9-5-16/h4-6,8-10,12-13H,7,11H2,1-3H3,(H,24,25,26). The number of hydrogen-bond acceptors (Lipinski definition) is 5. The summed E-state index contributed by atoms with van der Waals surface area (Å²) in [5, 5.41) is 3.72. The first kappa shape index (κ1) is 19.8. The lowest BCUT2D eigenvalue weighted by atomic mass is 10.1. The van der Waals surface area contributed by atoms with Crippen LogP contribution in [-0.2, 0) is 6.42 Å². The van der Waals surface area contributed by atoms with Crippen LogP contribution < -0.4 is 5.32 Å². The molecule has 2 aromatic heterocycles. The number of rotatable bonds is 6. The van der Waals surface area contributed by atoms with E-state index in [4.69, 9.17) is 11.6 Å². The molecule has 3 aromatic rings. The molecule has 0 saturated heterocycles. The maximum absolute atomic E-state index is 12.7. The van der Waals surface area contributed by atoms with Crippen molar-refractivity contribution >= 4 is 29.1 Å². The molecule has 0 spiro atoms. The number of carbonyl (C=O) groups excluding carboxylic acids is 1. The van der Waals surface area contributed by atoms with Gasteiger partial charge in [-0.2, -0.15) is 0 Å². The third-order valence-corrected chi connectivity index (χ3v) is 4.67. The first-order chi connectivity index (χ1) is 13.4. The van der Waals surface area contributed by atoms with Crippen LogP contribution in [0.15, 0.2) is 48.9 Å². The van der Waals surface area contributed by atoms with Gasteiger partial charge in [-0.25, -0.2) is 9.97 Å². The minimum atomic E-state index is -0.161. The second-order valence-corrected chi connectivity index (χ2v) is 7.07. The van der Waals surface area contributed by atoms with Crippen molar-refractivity contribution in [3.8, 4) is 0 Å². The molecule has 6 nitrogen and oxygen atoms in total. The van der Waals surface area contributed by atoms with E-state index in [1.54, 1.807) is 36.6 Å². The Morgan fingerprint density at radius 1 is 1.14 bits per heavy atom. The summed E-state index contributed by atoms with van der Waals surface area (Å²) in [6, 6.07) is 9.40. The Kier molecular flexibility index (Phi) is 6.21. The van der Waals surface area contributed by atoms with Gasteiger partial charge in [0.05, 0.1) is 10.7 Å². The highest BCUT2D eigenvalue weighted by molar-refractivity contribution is 6.33. The number of benzene rings is 1. The van der Waals surface area contributed by atoms with Gasteiger partial charge in [-0.1, -0.05) is 17.7 Å². The molecule has 1 N–H and O–H groups in total. The van der Waals surface area contributed by atoms with Crippen LogP contribution in [0.4, 0.5) is 11.6 Å². The highest BCUT2D eigenvalue weighted by Gasteiger charge is 2.15. The number of aromatic nitrogens is 3. The minimum absolute atomic E-state index is 0.161. The Morgan fingerprint density at radius 3 is 2.61 bits per heavy atom. The molecular weight excluding hydrogens is 374 g/mol. The SMILES string of the molecule is Cc1cc(C)c(Nc2nccc(C(=O)N(C)CCc3ccncc3)n2)c(Cl)c1. The molecule has 1 amide bonds. The number of pyridine rings is 1. The van der Waals surface area contributed by atoms with Crippen molar-refractivity contribution < 1.29 is 4.79 Å². The molecule has 7 heteroatoms. The molecule has 0 fully saturated rings. The van der Waals surface area contributed by atoms with E-state index in [2.05, 4.69) is 20.3 Å². The normalized spacial score (nSPS) is 10.6. The Bertz CT molecular complexity index is 955. The monoisotopic (exact) mass is 395 g/mol. The van der Waals surface area contributed by atoms with E-state index in [1.807, 2.05) is 38.1 Å². The van der Waals surface area contributed by atoms with E-state index in [0.717, 1.165) is 28.8 Å². The smallest absolute Gasteiger partial charge is 0.272 e. The van der Waals surface area contributed by atoms with E-state index in [-0.39, 0.29) is 5.91 Å². The Hall–Kier alpha value is -2.99. The fourth-order valence-electron chi connectivity index (χ4n) is 2.87. The highest BCUT2D eigenvalue weighted by atomic mass is 35.5. The largest absolute Gasteiger partial charge is 0.340 e. The quantitative estimate of drug-likeness (QED) is 0.677. The van der Waals surface area contributed by atoms with E-state index < -0.39 is 0 Å². The Balaban J connectivity index is 1.71. The zero-order valence-electron chi connectivity index (χ0n) is 16.1. The van der Waals surface area contributed by atoms with Gasteiger partial charge < -0.3 is 10.2 Å². The number of carbonyl (C=O) groups is 1. The fraction of sp³-hybridized carbons (Fsp3) is 0.238.